The molecule has 2 aromatic carbocycles. The molecule has 4 rings (SSSR count). The Balaban J connectivity index is 1.81. The molecule has 0 fully saturated rings. The molecule has 126 valence electrons. The Morgan fingerprint density at radius 1 is 0.923 bits per heavy atom. The lowest BCUT2D eigenvalue weighted by molar-refractivity contribution is 0.392. The molecule has 0 spiro atoms. The maximum absolute atomic E-state index is 13.3. The number of aromatic nitrogens is 2. The Labute approximate surface area is 150 Å². The lowest BCUT2D eigenvalue weighted by Gasteiger charge is -2.09. The summed E-state index contributed by atoms with van der Waals surface area (Å²) in [6.45, 7) is 0. The lowest BCUT2D eigenvalue weighted by atomic mass is 10.1. The van der Waals surface area contributed by atoms with Crippen LogP contribution in [0.3, 0.4) is 0 Å². The van der Waals surface area contributed by atoms with Gasteiger partial charge >= 0.3 is 0 Å². The smallest absolute Gasteiger partial charge is 0.200 e. The lowest BCUT2D eigenvalue weighted by Crippen LogP contribution is -1.97. The van der Waals surface area contributed by atoms with Gasteiger partial charge in [0.05, 0.1) is 13.3 Å². The largest absolute Gasteiger partial charge is 0.482 e. The molecule has 0 unspecified atom stereocenters. The van der Waals surface area contributed by atoms with Crippen LogP contribution in [0.15, 0.2) is 72.9 Å². The summed E-state index contributed by atoms with van der Waals surface area (Å²) < 4.78 is 20.7. The monoisotopic (exact) mass is 342 g/mol. The van der Waals surface area contributed by atoms with Crippen LogP contribution in [0.2, 0.25) is 0 Å². The number of imidazole rings is 1. The summed E-state index contributed by atoms with van der Waals surface area (Å²) in [5.41, 5.74) is 4.14. The van der Waals surface area contributed by atoms with Crippen LogP contribution in [0.5, 0.6) is 5.88 Å². The van der Waals surface area contributed by atoms with Crippen LogP contribution < -0.4 is 4.74 Å². The zero-order valence-corrected chi connectivity index (χ0v) is 14.1. The second kappa shape index (κ2) is 6.73. The fourth-order valence-corrected chi connectivity index (χ4v) is 2.82. The molecule has 0 aliphatic heterocycles. The number of nitrogens with zero attached hydrogens (tertiary/aromatic N) is 2. The van der Waals surface area contributed by atoms with E-state index in [2.05, 4.69) is 16.8 Å². The van der Waals surface area contributed by atoms with Crippen LogP contribution in [0.25, 0.3) is 16.8 Å². The number of rotatable bonds is 2. The molecule has 0 amide bonds. The van der Waals surface area contributed by atoms with E-state index in [9.17, 15) is 4.39 Å². The summed E-state index contributed by atoms with van der Waals surface area (Å²) in [7, 11) is 1.62. The molecular weight excluding hydrogens is 327 g/mol. The number of ether oxygens (including phenoxy) is 1. The molecule has 0 saturated heterocycles. The van der Waals surface area contributed by atoms with Crippen molar-refractivity contribution in [2.75, 3.05) is 7.11 Å². The van der Waals surface area contributed by atoms with Crippen molar-refractivity contribution in [3.05, 3.63) is 90.0 Å². The van der Waals surface area contributed by atoms with Gasteiger partial charge in [0.15, 0.2) is 0 Å². The second-order valence-corrected chi connectivity index (χ2v) is 5.75. The highest BCUT2D eigenvalue weighted by Gasteiger charge is 2.10. The first-order chi connectivity index (χ1) is 12.7. The van der Waals surface area contributed by atoms with Gasteiger partial charge < -0.3 is 4.74 Å². The van der Waals surface area contributed by atoms with Gasteiger partial charge in [0.2, 0.25) is 5.88 Å². The first kappa shape index (κ1) is 15.9. The van der Waals surface area contributed by atoms with Crippen LogP contribution in [0.4, 0.5) is 4.39 Å². The molecule has 26 heavy (non-hydrogen) atoms. The van der Waals surface area contributed by atoms with Crippen molar-refractivity contribution in [3.63, 3.8) is 0 Å². The van der Waals surface area contributed by atoms with Crippen LogP contribution in [0, 0.1) is 17.7 Å². The zero-order chi connectivity index (χ0) is 17.9. The van der Waals surface area contributed by atoms with Crippen LogP contribution >= 0.6 is 0 Å². The van der Waals surface area contributed by atoms with E-state index in [1.54, 1.807) is 25.4 Å². The average molecular weight is 342 g/mol. The minimum Gasteiger partial charge on any atom is -0.482 e. The SMILES string of the molecule is COc1cc(-c2ccccc2)cc2ncc(C#Cc3cccc(F)c3)n12. The summed E-state index contributed by atoms with van der Waals surface area (Å²) in [5, 5.41) is 0. The van der Waals surface area contributed by atoms with Gasteiger partial charge in [-0.2, -0.15) is 0 Å². The third-order valence-corrected chi connectivity index (χ3v) is 4.05. The second-order valence-electron chi connectivity index (χ2n) is 5.75. The number of hydrogen-bond acceptors (Lipinski definition) is 2. The molecule has 4 heteroatoms. The summed E-state index contributed by atoms with van der Waals surface area (Å²) >= 11 is 0. The summed E-state index contributed by atoms with van der Waals surface area (Å²) in [6.07, 6.45) is 1.69. The standard InChI is InChI=1S/C22H15FN2O/c1-26-22-14-18(17-7-3-2-4-8-17)13-21-24-15-20(25(21)22)11-10-16-6-5-9-19(23)12-16/h2-9,12-15H,1H3. The Bertz CT molecular complexity index is 1140. The highest BCUT2D eigenvalue weighted by atomic mass is 19.1. The number of methoxy groups -OCH3 is 1. The van der Waals surface area contributed by atoms with Gasteiger partial charge in [0.1, 0.15) is 17.2 Å². The fourth-order valence-electron chi connectivity index (χ4n) is 2.82. The maximum Gasteiger partial charge on any atom is 0.200 e. The van der Waals surface area contributed by atoms with Crippen LogP contribution in [-0.4, -0.2) is 16.5 Å². The highest BCUT2D eigenvalue weighted by Crippen LogP contribution is 2.27. The average Bonchev–Trinajstić information content (AvgIpc) is 3.09. The predicted octanol–water partition coefficient (Wildman–Crippen LogP) is 4.55. The van der Waals surface area contributed by atoms with E-state index in [4.69, 9.17) is 4.74 Å². The van der Waals surface area contributed by atoms with Crippen molar-refractivity contribution in [1.82, 2.24) is 9.38 Å². The summed E-state index contributed by atoms with van der Waals surface area (Å²) in [5.74, 6) is 6.36. The van der Waals surface area contributed by atoms with E-state index in [1.807, 2.05) is 46.9 Å². The van der Waals surface area contributed by atoms with Gasteiger partial charge in [-0.05, 0) is 41.3 Å². The molecule has 2 aromatic heterocycles. The molecule has 0 radical (unpaired) electrons. The minimum absolute atomic E-state index is 0.306. The van der Waals surface area contributed by atoms with Crippen molar-refractivity contribution < 1.29 is 9.13 Å². The van der Waals surface area contributed by atoms with E-state index >= 15 is 0 Å². The molecule has 0 aliphatic carbocycles. The topological polar surface area (TPSA) is 26.5 Å². The number of benzene rings is 2. The van der Waals surface area contributed by atoms with Crippen molar-refractivity contribution in [2.24, 2.45) is 0 Å². The molecule has 4 aromatic rings. The van der Waals surface area contributed by atoms with Gasteiger partial charge in [-0.15, -0.1) is 0 Å². The molecular formula is C22H15FN2O. The van der Waals surface area contributed by atoms with Gasteiger partial charge in [-0.1, -0.05) is 42.3 Å². The first-order valence-electron chi connectivity index (χ1n) is 8.13. The van der Waals surface area contributed by atoms with Gasteiger partial charge in [0.25, 0.3) is 0 Å². The number of pyridine rings is 1. The number of fused-ring (bicyclic) bond motifs is 1. The molecule has 0 atom stereocenters. The normalized spacial score (nSPS) is 10.4. The minimum atomic E-state index is -0.306. The van der Waals surface area contributed by atoms with Gasteiger partial charge in [0, 0.05) is 11.6 Å². The first-order valence-corrected chi connectivity index (χ1v) is 8.13. The highest BCUT2D eigenvalue weighted by molar-refractivity contribution is 5.70. The Morgan fingerprint density at radius 2 is 1.77 bits per heavy atom. The Hall–Kier alpha value is -3.58. The quantitative estimate of drug-likeness (QED) is 0.500. The summed E-state index contributed by atoms with van der Waals surface area (Å²) in [4.78, 5) is 4.45. The molecule has 0 N–H and O–H groups in total. The number of hydrogen-bond donors (Lipinski definition) is 0. The molecule has 2 heterocycles. The molecule has 0 aliphatic rings. The number of halogens is 1. The van der Waals surface area contributed by atoms with Crippen molar-refractivity contribution in [1.29, 1.82) is 0 Å². The zero-order valence-electron chi connectivity index (χ0n) is 14.1. The molecule has 0 saturated carbocycles. The van der Waals surface area contributed by atoms with Gasteiger partial charge in [-0.3, -0.25) is 4.40 Å². The van der Waals surface area contributed by atoms with E-state index in [0.717, 1.165) is 16.8 Å². The van der Waals surface area contributed by atoms with E-state index in [1.165, 1.54) is 12.1 Å². The Kier molecular flexibility index (Phi) is 4.12. The van der Waals surface area contributed by atoms with Crippen molar-refractivity contribution in [3.8, 4) is 28.8 Å². The van der Waals surface area contributed by atoms with Crippen LogP contribution in [0.1, 0.15) is 11.3 Å². The van der Waals surface area contributed by atoms with Crippen molar-refractivity contribution in [2.45, 2.75) is 0 Å². The molecule has 3 nitrogen and oxygen atoms in total. The van der Waals surface area contributed by atoms with Crippen LogP contribution in [-0.2, 0) is 0 Å². The fraction of sp³-hybridized carbons (Fsp3) is 0.0455. The van der Waals surface area contributed by atoms with Crippen molar-refractivity contribution >= 4 is 5.65 Å². The Morgan fingerprint density at radius 3 is 2.54 bits per heavy atom. The van der Waals surface area contributed by atoms with E-state index < -0.39 is 0 Å². The molecule has 0 bridgehead atoms. The third kappa shape index (κ3) is 3.03. The summed E-state index contributed by atoms with van der Waals surface area (Å²) in [6, 6.07) is 20.2. The third-order valence-electron chi connectivity index (χ3n) is 4.05. The van der Waals surface area contributed by atoms with E-state index in [-0.39, 0.29) is 5.82 Å². The maximum atomic E-state index is 13.3. The van der Waals surface area contributed by atoms with Gasteiger partial charge in [-0.25, -0.2) is 9.37 Å². The predicted molar refractivity (Wildman–Crippen MR) is 99.6 cm³/mol. The van der Waals surface area contributed by atoms with E-state index in [0.29, 0.717) is 17.1 Å².